The van der Waals surface area contributed by atoms with Gasteiger partial charge in [-0.1, -0.05) is 72.8 Å². The van der Waals surface area contributed by atoms with Crippen LogP contribution >= 0.6 is 0 Å². The van der Waals surface area contributed by atoms with E-state index in [2.05, 4.69) is 0 Å². The molecule has 1 N–H and O–H groups in total. The highest BCUT2D eigenvalue weighted by atomic mass is 16.5. The van der Waals surface area contributed by atoms with Crippen LogP contribution in [0, 0.1) is 0 Å². The van der Waals surface area contributed by atoms with E-state index in [-0.39, 0.29) is 17.1 Å². The van der Waals surface area contributed by atoms with Crippen molar-refractivity contribution >= 4 is 22.6 Å². The number of hydrogen-bond donors (Lipinski definition) is 1. The molecule has 0 amide bonds. The average Bonchev–Trinajstić information content (AvgIpc) is 2.82. The van der Waals surface area contributed by atoms with Crippen molar-refractivity contribution in [2.24, 2.45) is 0 Å². The summed E-state index contributed by atoms with van der Waals surface area (Å²) >= 11 is 0. The third kappa shape index (κ3) is 4.59. The Balaban J connectivity index is 1.51. The molecule has 0 saturated heterocycles. The fourth-order valence-corrected chi connectivity index (χ4v) is 3.36. The number of aromatic hydroxyl groups is 1. The number of phenols is 1. The van der Waals surface area contributed by atoms with Crippen LogP contribution in [0.2, 0.25) is 0 Å². The van der Waals surface area contributed by atoms with E-state index in [0.29, 0.717) is 23.5 Å². The smallest absolute Gasteiger partial charge is 0.189 e. The van der Waals surface area contributed by atoms with Crippen LogP contribution < -0.4 is 9.47 Å². The Bertz CT molecular complexity index is 1240. The SMILES string of the molecule is COc1cc(/C=C/C(=O)c2ccc3ccccc3c2O)ccc1OCc1ccccc1. The van der Waals surface area contributed by atoms with Crippen molar-refractivity contribution < 1.29 is 19.4 Å². The second-order valence-corrected chi connectivity index (χ2v) is 7.07. The van der Waals surface area contributed by atoms with E-state index < -0.39 is 0 Å². The molecular formula is C27H22O4. The second kappa shape index (κ2) is 9.18. The number of benzene rings is 4. The van der Waals surface area contributed by atoms with E-state index in [0.717, 1.165) is 16.5 Å². The lowest BCUT2D eigenvalue weighted by Gasteiger charge is -2.11. The van der Waals surface area contributed by atoms with Gasteiger partial charge in [0, 0.05) is 5.39 Å². The number of allylic oxidation sites excluding steroid dienone is 1. The molecule has 0 aromatic heterocycles. The molecule has 0 aliphatic carbocycles. The van der Waals surface area contributed by atoms with Crippen LogP contribution in [0.25, 0.3) is 16.8 Å². The van der Waals surface area contributed by atoms with Crippen molar-refractivity contribution in [1.29, 1.82) is 0 Å². The summed E-state index contributed by atoms with van der Waals surface area (Å²) in [7, 11) is 1.58. The van der Waals surface area contributed by atoms with Gasteiger partial charge in [0.25, 0.3) is 0 Å². The number of carbonyl (C=O) groups is 1. The lowest BCUT2D eigenvalue weighted by molar-refractivity contribution is 0.104. The summed E-state index contributed by atoms with van der Waals surface area (Å²) in [5, 5.41) is 12.0. The van der Waals surface area contributed by atoms with E-state index in [1.165, 1.54) is 6.08 Å². The maximum atomic E-state index is 12.7. The Morgan fingerprint density at radius 1 is 0.903 bits per heavy atom. The third-order valence-corrected chi connectivity index (χ3v) is 5.02. The fourth-order valence-electron chi connectivity index (χ4n) is 3.36. The maximum absolute atomic E-state index is 12.7. The van der Waals surface area contributed by atoms with Gasteiger partial charge < -0.3 is 14.6 Å². The molecule has 4 aromatic rings. The van der Waals surface area contributed by atoms with Crippen molar-refractivity contribution in [3.63, 3.8) is 0 Å². The molecule has 4 heteroatoms. The highest BCUT2D eigenvalue weighted by molar-refractivity contribution is 6.11. The van der Waals surface area contributed by atoms with Gasteiger partial charge in [-0.05, 0) is 40.8 Å². The molecule has 4 rings (SSSR count). The van der Waals surface area contributed by atoms with Gasteiger partial charge in [0.05, 0.1) is 12.7 Å². The number of rotatable bonds is 7. The minimum Gasteiger partial charge on any atom is -0.507 e. The van der Waals surface area contributed by atoms with Gasteiger partial charge in [0.15, 0.2) is 17.3 Å². The zero-order valence-corrected chi connectivity index (χ0v) is 17.1. The zero-order valence-electron chi connectivity index (χ0n) is 17.1. The van der Waals surface area contributed by atoms with Gasteiger partial charge in [0.2, 0.25) is 0 Å². The van der Waals surface area contributed by atoms with E-state index in [4.69, 9.17) is 9.47 Å². The first-order chi connectivity index (χ1) is 15.2. The topological polar surface area (TPSA) is 55.8 Å². The van der Waals surface area contributed by atoms with Crippen molar-refractivity contribution in [2.45, 2.75) is 6.61 Å². The maximum Gasteiger partial charge on any atom is 0.189 e. The van der Waals surface area contributed by atoms with Gasteiger partial charge in [-0.2, -0.15) is 0 Å². The van der Waals surface area contributed by atoms with Crippen molar-refractivity contribution in [2.75, 3.05) is 7.11 Å². The molecular weight excluding hydrogens is 388 g/mol. The van der Waals surface area contributed by atoms with Gasteiger partial charge in [0.1, 0.15) is 12.4 Å². The summed E-state index contributed by atoms with van der Waals surface area (Å²) in [6.45, 7) is 0.437. The van der Waals surface area contributed by atoms with E-state index in [9.17, 15) is 9.90 Å². The lowest BCUT2D eigenvalue weighted by atomic mass is 10.0. The van der Waals surface area contributed by atoms with Crippen LogP contribution in [0.15, 0.2) is 91.0 Å². The Morgan fingerprint density at radius 3 is 2.48 bits per heavy atom. The number of fused-ring (bicyclic) bond motifs is 1. The van der Waals surface area contributed by atoms with Crippen molar-refractivity contribution in [1.82, 2.24) is 0 Å². The Labute approximate surface area is 181 Å². The van der Waals surface area contributed by atoms with Gasteiger partial charge in [-0.25, -0.2) is 0 Å². The summed E-state index contributed by atoms with van der Waals surface area (Å²) in [6, 6.07) is 26.3. The predicted molar refractivity (Wildman–Crippen MR) is 123 cm³/mol. The summed E-state index contributed by atoms with van der Waals surface area (Å²) < 4.78 is 11.3. The first-order valence-electron chi connectivity index (χ1n) is 9.93. The van der Waals surface area contributed by atoms with Crippen LogP contribution in [0.5, 0.6) is 17.2 Å². The summed E-state index contributed by atoms with van der Waals surface area (Å²) in [6.07, 6.45) is 3.14. The molecule has 0 saturated carbocycles. The number of ketones is 1. The number of methoxy groups -OCH3 is 1. The Hall–Kier alpha value is -4.05. The quantitative estimate of drug-likeness (QED) is 0.299. The monoisotopic (exact) mass is 410 g/mol. The van der Waals surface area contributed by atoms with Crippen molar-refractivity contribution in [3.8, 4) is 17.2 Å². The van der Waals surface area contributed by atoms with Crippen LogP contribution in [-0.4, -0.2) is 18.0 Å². The minimum absolute atomic E-state index is 0.00464. The third-order valence-electron chi connectivity index (χ3n) is 5.02. The molecule has 0 fully saturated rings. The predicted octanol–water partition coefficient (Wildman–Crippen LogP) is 6.03. The highest BCUT2D eigenvalue weighted by Gasteiger charge is 2.12. The van der Waals surface area contributed by atoms with E-state index in [1.807, 2.05) is 72.8 Å². The fraction of sp³-hybridized carbons (Fsp3) is 0.0741. The number of phenolic OH excluding ortho intramolecular Hbond substituents is 1. The zero-order chi connectivity index (χ0) is 21.6. The van der Waals surface area contributed by atoms with Crippen LogP contribution in [0.1, 0.15) is 21.5 Å². The largest absolute Gasteiger partial charge is 0.507 e. The molecule has 0 aliphatic rings. The molecule has 154 valence electrons. The molecule has 0 heterocycles. The number of carbonyl (C=O) groups excluding carboxylic acids is 1. The molecule has 0 unspecified atom stereocenters. The van der Waals surface area contributed by atoms with Gasteiger partial charge in [-0.3, -0.25) is 4.79 Å². The first-order valence-corrected chi connectivity index (χ1v) is 9.93. The molecule has 0 aliphatic heterocycles. The van der Waals surface area contributed by atoms with Crippen LogP contribution in [-0.2, 0) is 6.61 Å². The molecule has 4 aromatic carbocycles. The summed E-state index contributed by atoms with van der Waals surface area (Å²) in [5.41, 5.74) is 2.12. The molecule has 0 spiro atoms. The van der Waals surface area contributed by atoms with Gasteiger partial charge >= 0.3 is 0 Å². The van der Waals surface area contributed by atoms with E-state index >= 15 is 0 Å². The van der Waals surface area contributed by atoms with E-state index in [1.54, 1.807) is 25.3 Å². The highest BCUT2D eigenvalue weighted by Crippen LogP contribution is 2.31. The molecule has 0 atom stereocenters. The van der Waals surface area contributed by atoms with Crippen LogP contribution in [0.4, 0.5) is 0 Å². The Kier molecular flexibility index (Phi) is 5.99. The van der Waals surface area contributed by atoms with Crippen molar-refractivity contribution in [3.05, 3.63) is 108 Å². The van der Waals surface area contributed by atoms with Crippen LogP contribution in [0.3, 0.4) is 0 Å². The first kappa shape index (κ1) is 20.2. The number of ether oxygens (including phenoxy) is 2. The second-order valence-electron chi connectivity index (χ2n) is 7.07. The Morgan fingerprint density at radius 2 is 1.68 bits per heavy atom. The molecule has 0 bridgehead atoms. The standard InChI is InChI=1S/C27H22O4/c1-30-26-17-19(12-16-25(26)31-18-20-7-3-2-4-8-20)11-15-24(28)23-14-13-21-9-5-6-10-22(21)27(23)29/h2-17,29H,18H2,1H3/b15-11+. The summed E-state index contributed by atoms with van der Waals surface area (Å²) in [4.78, 5) is 12.7. The molecule has 4 nitrogen and oxygen atoms in total. The summed E-state index contributed by atoms with van der Waals surface area (Å²) in [5.74, 6) is 0.933. The minimum atomic E-state index is -0.272. The number of hydrogen-bond acceptors (Lipinski definition) is 4. The molecule has 31 heavy (non-hydrogen) atoms. The lowest BCUT2D eigenvalue weighted by Crippen LogP contribution is -1.98. The normalized spacial score (nSPS) is 11.0. The molecule has 0 radical (unpaired) electrons. The van der Waals surface area contributed by atoms with Gasteiger partial charge in [-0.15, -0.1) is 0 Å². The average molecular weight is 410 g/mol.